The van der Waals surface area contributed by atoms with Gasteiger partial charge in [0, 0.05) is 37.5 Å². The number of carbonyl (C=O) groups is 1. The van der Waals surface area contributed by atoms with Crippen molar-refractivity contribution >= 4 is 12.0 Å². The van der Waals surface area contributed by atoms with Gasteiger partial charge in [-0.05, 0) is 25.5 Å². The molecule has 0 aliphatic carbocycles. The number of aromatic amines is 1. The molecule has 2 rings (SSSR count). The number of likely N-dealkylation sites (N-methyl/N-ethyl adjacent to an activating group) is 1. The minimum atomic E-state index is 0.0510. The van der Waals surface area contributed by atoms with Crippen LogP contribution < -0.4 is 0 Å². The Hall–Kier alpha value is -2.36. The van der Waals surface area contributed by atoms with Crippen LogP contribution >= 0.6 is 0 Å². The Morgan fingerprint density at radius 1 is 1.33 bits per heavy atom. The number of aryl methyl sites for hydroxylation is 1. The van der Waals surface area contributed by atoms with E-state index >= 15 is 0 Å². The predicted octanol–water partition coefficient (Wildman–Crippen LogP) is 2.82. The number of carbonyl (C=O) groups excluding carboxylic acids is 1. The van der Waals surface area contributed by atoms with E-state index in [4.69, 9.17) is 0 Å². The highest BCUT2D eigenvalue weighted by molar-refractivity contribution is 5.97. The molecular formula is C17H21N3O. The minimum Gasteiger partial charge on any atom is -0.348 e. The fourth-order valence-corrected chi connectivity index (χ4v) is 2.09. The third-order valence-corrected chi connectivity index (χ3v) is 3.42. The smallest absolute Gasteiger partial charge is 0.249 e. The quantitative estimate of drug-likeness (QED) is 0.858. The molecule has 1 amide bonds. The Balaban J connectivity index is 1.95. The summed E-state index contributed by atoms with van der Waals surface area (Å²) in [4.78, 5) is 21.1. The van der Waals surface area contributed by atoms with Crippen LogP contribution in [0.3, 0.4) is 0 Å². The van der Waals surface area contributed by atoms with Gasteiger partial charge < -0.3 is 9.88 Å². The maximum Gasteiger partial charge on any atom is 0.249 e. The van der Waals surface area contributed by atoms with Crippen molar-refractivity contribution in [3.8, 4) is 0 Å². The van der Waals surface area contributed by atoms with Gasteiger partial charge in [-0.1, -0.05) is 29.8 Å². The van der Waals surface area contributed by atoms with E-state index in [9.17, 15) is 4.79 Å². The van der Waals surface area contributed by atoms with Crippen LogP contribution in [0.15, 0.2) is 42.4 Å². The number of H-pyrrole nitrogens is 1. The van der Waals surface area contributed by atoms with Gasteiger partial charge in [0.25, 0.3) is 0 Å². The zero-order chi connectivity index (χ0) is 15.2. The van der Waals surface area contributed by atoms with Crippen molar-refractivity contribution in [2.45, 2.75) is 20.3 Å². The van der Waals surface area contributed by atoms with Crippen molar-refractivity contribution in [2.75, 3.05) is 13.6 Å². The third kappa shape index (κ3) is 4.31. The second-order valence-electron chi connectivity index (χ2n) is 5.29. The van der Waals surface area contributed by atoms with Crippen molar-refractivity contribution in [3.63, 3.8) is 0 Å². The van der Waals surface area contributed by atoms with Gasteiger partial charge in [0.2, 0.25) is 5.91 Å². The molecule has 1 N–H and O–H groups in total. The number of nitrogens with one attached hydrogen (secondary N) is 1. The van der Waals surface area contributed by atoms with Gasteiger partial charge in [0.05, 0.1) is 6.33 Å². The molecule has 0 saturated carbocycles. The average Bonchev–Trinajstić information content (AvgIpc) is 2.99. The first kappa shape index (κ1) is 15.0. The van der Waals surface area contributed by atoms with Crippen molar-refractivity contribution in [3.05, 3.63) is 59.2 Å². The SMILES string of the molecule is C/C(=C\c1ccc(C)cc1)C(=O)N(C)CCc1cnc[nH]1. The molecule has 0 unspecified atom stereocenters. The summed E-state index contributed by atoms with van der Waals surface area (Å²) in [6.45, 7) is 4.57. The molecule has 21 heavy (non-hydrogen) atoms. The van der Waals surface area contributed by atoms with E-state index in [-0.39, 0.29) is 5.91 Å². The molecule has 1 heterocycles. The van der Waals surface area contributed by atoms with Gasteiger partial charge in [-0.15, -0.1) is 0 Å². The summed E-state index contributed by atoms with van der Waals surface area (Å²) in [6.07, 6.45) is 6.14. The summed E-state index contributed by atoms with van der Waals surface area (Å²) >= 11 is 0. The molecule has 1 aromatic heterocycles. The highest BCUT2D eigenvalue weighted by atomic mass is 16.2. The van der Waals surface area contributed by atoms with Gasteiger partial charge in [-0.3, -0.25) is 4.79 Å². The minimum absolute atomic E-state index is 0.0510. The summed E-state index contributed by atoms with van der Waals surface area (Å²) in [6, 6.07) is 8.14. The van der Waals surface area contributed by atoms with Crippen LogP contribution in [0, 0.1) is 6.92 Å². The number of imidazole rings is 1. The lowest BCUT2D eigenvalue weighted by Gasteiger charge is -2.17. The zero-order valence-corrected chi connectivity index (χ0v) is 12.8. The molecule has 0 spiro atoms. The van der Waals surface area contributed by atoms with E-state index in [1.807, 2.05) is 44.3 Å². The molecule has 2 aromatic rings. The number of aromatic nitrogens is 2. The topological polar surface area (TPSA) is 49.0 Å². The number of hydrogen-bond donors (Lipinski definition) is 1. The van der Waals surface area contributed by atoms with Gasteiger partial charge in [0.1, 0.15) is 0 Å². The normalized spacial score (nSPS) is 11.5. The van der Waals surface area contributed by atoms with Crippen LogP contribution in [0.25, 0.3) is 6.08 Å². The van der Waals surface area contributed by atoms with Gasteiger partial charge in [-0.2, -0.15) is 0 Å². The summed E-state index contributed by atoms with van der Waals surface area (Å²) in [5.74, 6) is 0.0510. The molecular weight excluding hydrogens is 262 g/mol. The Morgan fingerprint density at radius 2 is 2.05 bits per heavy atom. The molecule has 1 aromatic carbocycles. The van der Waals surface area contributed by atoms with Crippen LogP contribution in [-0.2, 0) is 11.2 Å². The summed E-state index contributed by atoms with van der Waals surface area (Å²) in [7, 11) is 1.82. The molecule has 4 nitrogen and oxygen atoms in total. The van der Waals surface area contributed by atoms with E-state index < -0.39 is 0 Å². The molecule has 0 radical (unpaired) electrons. The van der Waals surface area contributed by atoms with Crippen LogP contribution in [0.4, 0.5) is 0 Å². The lowest BCUT2D eigenvalue weighted by molar-refractivity contribution is -0.125. The van der Waals surface area contributed by atoms with Crippen molar-refractivity contribution < 1.29 is 4.79 Å². The monoisotopic (exact) mass is 283 g/mol. The van der Waals surface area contributed by atoms with E-state index in [0.29, 0.717) is 6.54 Å². The summed E-state index contributed by atoms with van der Waals surface area (Å²) in [5.41, 5.74) is 4.04. The number of benzene rings is 1. The Kier molecular flexibility index (Phi) is 4.93. The lowest BCUT2D eigenvalue weighted by Crippen LogP contribution is -2.29. The van der Waals surface area contributed by atoms with Gasteiger partial charge >= 0.3 is 0 Å². The first-order chi connectivity index (χ1) is 10.1. The maximum atomic E-state index is 12.3. The van der Waals surface area contributed by atoms with Crippen molar-refractivity contribution in [2.24, 2.45) is 0 Å². The molecule has 0 aliphatic heterocycles. The highest BCUT2D eigenvalue weighted by Gasteiger charge is 2.11. The van der Waals surface area contributed by atoms with Crippen molar-refractivity contribution in [1.29, 1.82) is 0 Å². The van der Waals surface area contributed by atoms with Crippen molar-refractivity contribution in [1.82, 2.24) is 14.9 Å². The largest absolute Gasteiger partial charge is 0.348 e. The van der Waals surface area contributed by atoms with E-state index in [2.05, 4.69) is 16.9 Å². The number of rotatable bonds is 5. The Bertz CT molecular complexity index is 612. The molecule has 0 fully saturated rings. The second kappa shape index (κ2) is 6.88. The lowest BCUT2D eigenvalue weighted by atomic mass is 10.1. The zero-order valence-electron chi connectivity index (χ0n) is 12.8. The molecule has 0 aliphatic rings. The summed E-state index contributed by atoms with van der Waals surface area (Å²) < 4.78 is 0. The van der Waals surface area contributed by atoms with Crippen LogP contribution in [0.5, 0.6) is 0 Å². The number of amides is 1. The Morgan fingerprint density at radius 3 is 2.67 bits per heavy atom. The highest BCUT2D eigenvalue weighted by Crippen LogP contribution is 2.10. The van der Waals surface area contributed by atoms with Crippen LogP contribution in [0.2, 0.25) is 0 Å². The predicted molar refractivity (Wildman–Crippen MR) is 84.8 cm³/mol. The Labute approximate surface area is 125 Å². The van der Waals surface area contributed by atoms with E-state index in [0.717, 1.165) is 23.3 Å². The molecule has 0 bridgehead atoms. The number of nitrogens with zero attached hydrogens (tertiary/aromatic N) is 2. The first-order valence-electron chi connectivity index (χ1n) is 7.04. The van der Waals surface area contributed by atoms with E-state index in [1.54, 1.807) is 17.4 Å². The van der Waals surface area contributed by atoms with E-state index in [1.165, 1.54) is 5.56 Å². The fraction of sp³-hybridized carbons (Fsp3) is 0.294. The average molecular weight is 283 g/mol. The summed E-state index contributed by atoms with van der Waals surface area (Å²) in [5, 5.41) is 0. The first-order valence-corrected chi connectivity index (χ1v) is 7.04. The third-order valence-electron chi connectivity index (χ3n) is 3.42. The second-order valence-corrected chi connectivity index (χ2v) is 5.29. The molecule has 0 saturated heterocycles. The van der Waals surface area contributed by atoms with Gasteiger partial charge in [0.15, 0.2) is 0 Å². The molecule has 4 heteroatoms. The fourth-order valence-electron chi connectivity index (χ4n) is 2.09. The standard InChI is InChI=1S/C17H21N3O/c1-13-4-6-15(7-5-13)10-14(2)17(21)20(3)9-8-16-11-18-12-19-16/h4-7,10-12H,8-9H2,1-3H3,(H,18,19)/b14-10+. The maximum absolute atomic E-state index is 12.3. The molecule has 0 atom stereocenters. The van der Waals surface area contributed by atoms with Crippen LogP contribution in [-0.4, -0.2) is 34.4 Å². The van der Waals surface area contributed by atoms with Gasteiger partial charge in [-0.25, -0.2) is 4.98 Å². The van der Waals surface area contributed by atoms with Crippen LogP contribution in [0.1, 0.15) is 23.7 Å². The molecule has 110 valence electrons. The number of hydrogen-bond acceptors (Lipinski definition) is 2.